The van der Waals surface area contributed by atoms with Gasteiger partial charge in [-0.15, -0.1) is 10.2 Å². The van der Waals surface area contributed by atoms with Gasteiger partial charge < -0.3 is 10.2 Å². The summed E-state index contributed by atoms with van der Waals surface area (Å²) in [6.45, 7) is 6.14. The smallest absolute Gasteiger partial charge is 0.257 e. The van der Waals surface area contributed by atoms with E-state index in [2.05, 4.69) is 15.5 Å². The average molecular weight is 414 g/mol. The highest BCUT2D eigenvalue weighted by Gasteiger charge is 2.52. The molecule has 0 aliphatic carbocycles. The maximum atomic E-state index is 13.2. The molecule has 8 nitrogen and oxygen atoms in total. The highest BCUT2D eigenvalue weighted by molar-refractivity contribution is 7.15. The van der Waals surface area contributed by atoms with Crippen LogP contribution in [0.15, 0.2) is 24.3 Å². The summed E-state index contributed by atoms with van der Waals surface area (Å²) < 4.78 is 0. The first-order chi connectivity index (χ1) is 13.8. The summed E-state index contributed by atoms with van der Waals surface area (Å²) in [5.41, 5.74) is 0.390. The first-order valence-electron chi connectivity index (χ1n) is 9.68. The van der Waals surface area contributed by atoms with E-state index in [-0.39, 0.29) is 36.6 Å². The largest absolute Gasteiger partial charge is 0.315 e. The summed E-state index contributed by atoms with van der Waals surface area (Å²) in [5, 5.41) is 12.1. The van der Waals surface area contributed by atoms with Crippen LogP contribution in [-0.4, -0.2) is 45.0 Å². The number of anilines is 2. The molecular weight excluding hydrogens is 390 g/mol. The molecule has 2 aromatic rings. The second-order valence-corrected chi connectivity index (χ2v) is 8.83. The first-order valence-corrected chi connectivity index (χ1v) is 10.5. The highest BCUT2D eigenvalue weighted by Crippen LogP contribution is 2.43. The summed E-state index contributed by atoms with van der Waals surface area (Å²) in [6.07, 6.45) is 1.04. The fraction of sp³-hybridized carbons (Fsp3) is 0.450. The van der Waals surface area contributed by atoms with Crippen molar-refractivity contribution in [3.8, 4) is 0 Å². The van der Waals surface area contributed by atoms with Crippen molar-refractivity contribution < 1.29 is 14.4 Å². The second-order valence-electron chi connectivity index (χ2n) is 7.82. The Morgan fingerprint density at radius 3 is 2.76 bits per heavy atom. The zero-order chi connectivity index (χ0) is 20.8. The molecule has 29 heavy (non-hydrogen) atoms. The molecule has 1 N–H and O–H groups in total. The quantitative estimate of drug-likeness (QED) is 0.813. The van der Waals surface area contributed by atoms with Gasteiger partial charge in [0.2, 0.25) is 16.9 Å². The summed E-state index contributed by atoms with van der Waals surface area (Å²) in [5.74, 6) is -0.144. The molecule has 3 amide bonds. The third-order valence-electron chi connectivity index (χ3n) is 5.49. The fourth-order valence-electron chi connectivity index (χ4n) is 3.96. The van der Waals surface area contributed by atoms with E-state index in [4.69, 9.17) is 0 Å². The zero-order valence-corrected chi connectivity index (χ0v) is 17.5. The number of benzene rings is 1. The highest BCUT2D eigenvalue weighted by atomic mass is 32.1. The van der Waals surface area contributed by atoms with Gasteiger partial charge in [0.15, 0.2) is 0 Å². The predicted octanol–water partition coefficient (Wildman–Crippen LogP) is 2.99. The number of hydrogen-bond acceptors (Lipinski definition) is 6. The molecule has 2 aliphatic rings. The Labute approximate surface area is 172 Å². The Balaban J connectivity index is 1.51. The Kier molecular flexibility index (Phi) is 4.85. The number of rotatable bonds is 5. The summed E-state index contributed by atoms with van der Waals surface area (Å²) in [6, 6.07) is 7.15. The van der Waals surface area contributed by atoms with Gasteiger partial charge in [-0.2, -0.15) is 0 Å². The van der Waals surface area contributed by atoms with E-state index in [0.717, 1.165) is 5.01 Å². The standard InChI is InChI=1S/C20H23N5O3S/c1-12(2)17-22-23-19(29-17)21-15(26)9-11-24-18(28)13-6-4-5-7-14(13)25-16(27)8-10-20(24,25)3/h4-7,12H,8-11H2,1-3H3,(H,21,23,26). The van der Waals surface area contributed by atoms with Crippen molar-refractivity contribution in [2.24, 2.45) is 0 Å². The van der Waals surface area contributed by atoms with Crippen LogP contribution in [0.3, 0.4) is 0 Å². The van der Waals surface area contributed by atoms with E-state index in [1.54, 1.807) is 28.0 Å². The molecule has 0 radical (unpaired) electrons. The van der Waals surface area contributed by atoms with Crippen molar-refractivity contribution in [1.82, 2.24) is 15.1 Å². The molecule has 1 unspecified atom stereocenters. The van der Waals surface area contributed by atoms with Gasteiger partial charge in [0.05, 0.1) is 11.3 Å². The summed E-state index contributed by atoms with van der Waals surface area (Å²) >= 11 is 1.35. The third kappa shape index (κ3) is 3.29. The molecule has 2 aliphatic heterocycles. The minimum Gasteiger partial charge on any atom is -0.315 e. The van der Waals surface area contributed by atoms with Gasteiger partial charge in [-0.05, 0) is 25.5 Å². The van der Waals surface area contributed by atoms with Gasteiger partial charge >= 0.3 is 0 Å². The lowest BCUT2D eigenvalue weighted by molar-refractivity contribution is -0.117. The Morgan fingerprint density at radius 1 is 1.28 bits per heavy atom. The third-order valence-corrected chi connectivity index (χ3v) is 6.63. The van der Waals surface area contributed by atoms with Gasteiger partial charge in [0.1, 0.15) is 10.7 Å². The lowest BCUT2D eigenvalue weighted by Crippen LogP contribution is -2.62. The topological polar surface area (TPSA) is 95.5 Å². The normalized spacial score (nSPS) is 20.8. The molecule has 0 saturated carbocycles. The maximum Gasteiger partial charge on any atom is 0.257 e. The molecule has 0 bridgehead atoms. The van der Waals surface area contributed by atoms with E-state index in [0.29, 0.717) is 29.2 Å². The van der Waals surface area contributed by atoms with Crippen LogP contribution in [0.4, 0.5) is 10.8 Å². The van der Waals surface area contributed by atoms with Crippen molar-refractivity contribution in [2.45, 2.75) is 51.6 Å². The van der Waals surface area contributed by atoms with Gasteiger partial charge in [-0.1, -0.05) is 37.3 Å². The molecule has 1 fully saturated rings. The van der Waals surface area contributed by atoms with Gasteiger partial charge in [-0.25, -0.2) is 0 Å². The van der Waals surface area contributed by atoms with E-state index in [1.165, 1.54) is 11.3 Å². The molecule has 3 heterocycles. The van der Waals surface area contributed by atoms with Crippen LogP contribution in [0, 0.1) is 0 Å². The van der Waals surface area contributed by atoms with Crippen LogP contribution in [0.1, 0.15) is 61.3 Å². The van der Waals surface area contributed by atoms with Crippen molar-refractivity contribution in [3.63, 3.8) is 0 Å². The molecular formula is C20H23N5O3S. The fourth-order valence-corrected chi connectivity index (χ4v) is 4.72. The van der Waals surface area contributed by atoms with E-state index in [9.17, 15) is 14.4 Å². The first kappa shape index (κ1) is 19.5. The van der Waals surface area contributed by atoms with E-state index in [1.807, 2.05) is 26.8 Å². The van der Waals surface area contributed by atoms with Crippen LogP contribution in [0.5, 0.6) is 0 Å². The van der Waals surface area contributed by atoms with Crippen molar-refractivity contribution in [2.75, 3.05) is 16.8 Å². The van der Waals surface area contributed by atoms with Crippen molar-refractivity contribution in [1.29, 1.82) is 0 Å². The van der Waals surface area contributed by atoms with Crippen LogP contribution in [0.2, 0.25) is 0 Å². The van der Waals surface area contributed by atoms with Gasteiger partial charge in [0, 0.05) is 25.3 Å². The van der Waals surface area contributed by atoms with Crippen molar-refractivity contribution >= 4 is 39.9 Å². The number of amides is 3. The van der Waals surface area contributed by atoms with Crippen LogP contribution >= 0.6 is 11.3 Å². The number of nitrogens with zero attached hydrogens (tertiary/aromatic N) is 4. The second kappa shape index (κ2) is 7.22. The molecule has 1 aromatic heterocycles. The maximum absolute atomic E-state index is 13.2. The number of hydrogen-bond donors (Lipinski definition) is 1. The molecule has 1 atom stereocenters. The van der Waals surface area contributed by atoms with E-state index >= 15 is 0 Å². The molecule has 0 spiro atoms. The average Bonchev–Trinajstić information content (AvgIpc) is 3.26. The number of fused-ring (bicyclic) bond motifs is 3. The minimum atomic E-state index is -0.754. The Hall–Kier alpha value is -2.81. The number of carbonyl (C=O) groups is 3. The van der Waals surface area contributed by atoms with Crippen LogP contribution in [-0.2, 0) is 9.59 Å². The minimum absolute atomic E-state index is 0.00280. The molecule has 1 aromatic carbocycles. The lowest BCUT2D eigenvalue weighted by atomic mass is 9.98. The Bertz CT molecular complexity index is 988. The van der Waals surface area contributed by atoms with E-state index < -0.39 is 5.66 Å². The van der Waals surface area contributed by atoms with Crippen LogP contribution in [0.25, 0.3) is 0 Å². The lowest BCUT2D eigenvalue weighted by Gasteiger charge is -2.48. The number of para-hydroxylation sites is 1. The summed E-state index contributed by atoms with van der Waals surface area (Å²) in [4.78, 5) is 41.5. The summed E-state index contributed by atoms with van der Waals surface area (Å²) in [7, 11) is 0. The molecule has 1 saturated heterocycles. The van der Waals surface area contributed by atoms with Gasteiger partial charge in [-0.3, -0.25) is 19.3 Å². The predicted molar refractivity (Wildman–Crippen MR) is 110 cm³/mol. The van der Waals surface area contributed by atoms with Crippen molar-refractivity contribution in [3.05, 3.63) is 34.8 Å². The molecule has 4 rings (SSSR count). The SMILES string of the molecule is CC(C)c1nnc(NC(=O)CCN2C(=O)c3ccccc3N3C(=O)CCC23C)s1. The number of aromatic nitrogens is 2. The van der Waals surface area contributed by atoms with Gasteiger partial charge in [0.25, 0.3) is 5.91 Å². The Morgan fingerprint density at radius 2 is 2.03 bits per heavy atom. The van der Waals surface area contributed by atoms with Crippen LogP contribution < -0.4 is 10.2 Å². The monoisotopic (exact) mass is 413 g/mol. The molecule has 9 heteroatoms. The molecule has 152 valence electrons. The zero-order valence-electron chi connectivity index (χ0n) is 16.6. The number of nitrogens with one attached hydrogen (secondary N) is 1. The number of carbonyl (C=O) groups excluding carboxylic acids is 3.